The van der Waals surface area contributed by atoms with Gasteiger partial charge in [-0.15, -0.1) is 0 Å². The SMILES string of the molecule is BrP(CC1CCCC(CP(Br)(c2ccccc2)(c2ccccc2)c2ccccc2)N1)(c1ccccc1)(c1ccccc1)c1ccccc1. The van der Waals surface area contributed by atoms with Gasteiger partial charge in [-0.05, 0) is 0 Å². The average molecular weight is 796 g/mol. The van der Waals surface area contributed by atoms with Gasteiger partial charge in [-0.1, -0.05) is 0 Å². The normalized spacial score (nSPS) is 18.5. The second-order valence-electron chi connectivity index (χ2n) is 13.2. The van der Waals surface area contributed by atoms with Gasteiger partial charge in [-0.3, -0.25) is 0 Å². The van der Waals surface area contributed by atoms with Crippen LogP contribution in [-0.2, 0) is 0 Å². The van der Waals surface area contributed by atoms with Gasteiger partial charge < -0.3 is 0 Å². The molecule has 2 unspecified atom stereocenters. The zero-order valence-electron chi connectivity index (χ0n) is 27.2. The second kappa shape index (κ2) is 13.8. The zero-order valence-corrected chi connectivity index (χ0v) is 32.1. The van der Waals surface area contributed by atoms with E-state index in [4.69, 9.17) is 31.0 Å². The molecule has 1 saturated heterocycles. The number of halogens is 2. The van der Waals surface area contributed by atoms with Crippen molar-refractivity contribution in [3.05, 3.63) is 182 Å². The molecule has 0 amide bonds. The van der Waals surface area contributed by atoms with E-state index in [0.29, 0.717) is 12.1 Å². The predicted molar refractivity (Wildman–Crippen MR) is 222 cm³/mol. The number of hydrogen-bond acceptors (Lipinski definition) is 1. The first-order valence-corrected chi connectivity index (χ1v) is 25.9. The van der Waals surface area contributed by atoms with E-state index in [1.54, 1.807) is 0 Å². The van der Waals surface area contributed by atoms with Crippen LogP contribution >= 0.6 is 41.6 Å². The number of rotatable bonds is 10. The molecule has 0 aromatic heterocycles. The molecule has 1 aliphatic rings. The van der Waals surface area contributed by atoms with Crippen molar-refractivity contribution >= 4 is 73.4 Å². The maximum atomic E-state index is 4.74. The molecule has 1 fully saturated rings. The fourth-order valence-corrected chi connectivity index (χ4v) is 24.6. The minimum absolute atomic E-state index is 0.324. The van der Waals surface area contributed by atoms with Crippen molar-refractivity contribution in [1.29, 1.82) is 0 Å². The molecule has 0 bridgehead atoms. The van der Waals surface area contributed by atoms with E-state index >= 15 is 0 Å². The molecule has 1 heterocycles. The van der Waals surface area contributed by atoms with Crippen molar-refractivity contribution in [2.24, 2.45) is 0 Å². The fraction of sp³-hybridized carbons (Fsp3) is 0.163. The van der Waals surface area contributed by atoms with Gasteiger partial charge in [0.25, 0.3) is 0 Å². The summed E-state index contributed by atoms with van der Waals surface area (Å²) in [6.45, 7) is 0. The summed E-state index contributed by atoms with van der Waals surface area (Å²) in [5.74, 6) is 0. The van der Waals surface area contributed by atoms with Crippen LogP contribution in [-0.4, -0.2) is 24.4 Å². The Morgan fingerprint density at radius 3 is 0.792 bits per heavy atom. The third kappa shape index (κ3) is 5.77. The van der Waals surface area contributed by atoms with Gasteiger partial charge in [0.05, 0.1) is 0 Å². The van der Waals surface area contributed by atoms with Crippen molar-refractivity contribution < 1.29 is 0 Å². The van der Waals surface area contributed by atoms with Crippen LogP contribution in [0.3, 0.4) is 0 Å². The van der Waals surface area contributed by atoms with Crippen molar-refractivity contribution in [2.45, 2.75) is 31.3 Å². The quantitative estimate of drug-likeness (QED) is 0.137. The number of hydrogen-bond donors (Lipinski definition) is 1. The summed E-state index contributed by atoms with van der Waals surface area (Å²) in [4.78, 5) is 0. The van der Waals surface area contributed by atoms with E-state index in [1.807, 2.05) is 0 Å². The molecule has 0 radical (unpaired) electrons. The van der Waals surface area contributed by atoms with Gasteiger partial charge in [0.15, 0.2) is 0 Å². The van der Waals surface area contributed by atoms with Crippen LogP contribution in [0.1, 0.15) is 19.3 Å². The first-order chi connectivity index (χ1) is 23.4. The summed E-state index contributed by atoms with van der Waals surface area (Å²) < 4.78 is 0. The van der Waals surface area contributed by atoms with E-state index in [1.165, 1.54) is 38.2 Å². The third-order valence-corrected chi connectivity index (χ3v) is 30.1. The Morgan fingerprint density at radius 1 is 0.375 bits per heavy atom. The fourth-order valence-electron chi connectivity index (χ4n) is 8.19. The van der Waals surface area contributed by atoms with Gasteiger partial charge in [-0.25, -0.2) is 0 Å². The molecule has 5 heteroatoms. The van der Waals surface area contributed by atoms with Crippen LogP contribution in [0, 0.1) is 0 Å². The molecule has 244 valence electrons. The summed E-state index contributed by atoms with van der Waals surface area (Å²) in [7, 11) is 0. The molecule has 1 aliphatic heterocycles. The Labute approximate surface area is 302 Å². The van der Waals surface area contributed by atoms with E-state index in [2.05, 4.69) is 187 Å². The van der Waals surface area contributed by atoms with Gasteiger partial charge in [0.2, 0.25) is 0 Å². The molecule has 0 aliphatic carbocycles. The van der Waals surface area contributed by atoms with Crippen LogP contribution in [0.15, 0.2) is 182 Å². The van der Waals surface area contributed by atoms with Gasteiger partial charge in [-0.2, -0.15) is 0 Å². The van der Waals surface area contributed by atoms with E-state index < -0.39 is 10.6 Å². The molecular formula is C43H43Br2NP2. The monoisotopic (exact) mass is 793 g/mol. The molecule has 7 rings (SSSR count). The first-order valence-electron chi connectivity index (χ1n) is 17.0. The number of benzene rings is 6. The summed E-state index contributed by atoms with van der Waals surface area (Å²) >= 11 is 9.49. The van der Waals surface area contributed by atoms with Crippen LogP contribution in [0.2, 0.25) is 0 Å². The predicted octanol–water partition coefficient (Wildman–Crippen LogP) is 9.18. The van der Waals surface area contributed by atoms with E-state index in [-0.39, 0.29) is 0 Å². The Hall–Kier alpha value is -2.90. The van der Waals surface area contributed by atoms with Crippen molar-refractivity contribution in [2.75, 3.05) is 12.3 Å². The van der Waals surface area contributed by atoms with Crippen LogP contribution in [0.4, 0.5) is 0 Å². The van der Waals surface area contributed by atoms with Crippen LogP contribution in [0.5, 0.6) is 0 Å². The van der Waals surface area contributed by atoms with Gasteiger partial charge >= 0.3 is 304 Å². The van der Waals surface area contributed by atoms with E-state index in [0.717, 1.165) is 25.2 Å². The molecule has 6 aromatic rings. The third-order valence-electron chi connectivity index (χ3n) is 10.5. The summed E-state index contributed by atoms with van der Waals surface area (Å²) in [6.07, 6.45) is 5.48. The summed E-state index contributed by atoms with van der Waals surface area (Å²) in [5.41, 5.74) is 0. The molecule has 0 spiro atoms. The molecule has 0 saturated carbocycles. The number of piperidine rings is 1. The minimum atomic E-state index is -3.09. The van der Waals surface area contributed by atoms with Crippen molar-refractivity contribution in [3.63, 3.8) is 0 Å². The van der Waals surface area contributed by atoms with Crippen molar-refractivity contribution in [1.82, 2.24) is 5.32 Å². The van der Waals surface area contributed by atoms with Crippen LogP contribution in [0.25, 0.3) is 0 Å². The molecule has 2 atom stereocenters. The Balaban J connectivity index is 1.35. The van der Waals surface area contributed by atoms with Crippen LogP contribution < -0.4 is 37.1 Å². The molecule has 6 aromatic carbocycles. The van der Waals surface area contributed by atoms with Gasteiger partial charge in [0, 0.05) is 0 Å². The number of nitrogens with one attached hydrogen (secondary N) is 1. The second-order valence-corrected chi connectivity index (χ2v) is 31.2. The Bertz CT molecular complexity index is 1580. The Morgan fingerprint density at radius 2 is 0.583 bits per heavy atom. The standard InChI is InChI=1S/C43H43Br2NP2/c44-47(38-22-7-1-8-23-38,39-24-9-2-10-25-39,40-26-11-3-12-27-40)34-36-20-19-21-37(46-36)35-48(45,41-28-13-4-14-29-41,42-30-15-5-16-31-42)43-32-17-6-18-33-43/h1-18,22-33,36-37,46H,19-21,34-35H2. The maximum absolute atomic E-state index is 4.74. The molecule has 1 nitrogen and oxygen atoms in total. The zero-order chi connectivity index (χ0) is 33.0. The summed E-state index contributed by atoms with van der Waals surface area (Å²) in [6, 6.07) is 68.1. The van der Waals surface area contributed by atoms with Gasteiger partial charge in [0.1, 0.15) is 0 Å². The molecular weight excluding hydrogens is 752 g/mol. The first kappa shape index (κ1) is 33.6. The van der Waals surface area contributed by atoms with E-state index in [9.17, 15) is 0 Å². The topological polar surface area (TPSA) is 12.0 Å². The molecule has 1 N–H and O–H groups in total. The summed E-state index contributed by atoms with van der Waals surface area (Å²) in [5, 5.41) is 6.43. The van der Waals surface area contributed by atoms with Crippen molar-refractivity contribution in [3.8, 4) is 0 Å². The Kier molecular flexibility index (Phi) is 9.64. The molecule has 48 heavy (non-hydrogen) atoms. The average Bonchev–Trinajstić information content (AvgIpc) is 3.17.